The van der Waals surface area contributed by atoms with Crippen LogP contribution in [0.3, 0.4) is 0 Å². The summed E-state index contributed by atoms with van der Waals surface area (Å²) in [7, 11) is 0. The lowest BCUT2D eigenvalue weighted by molar-refractivity contribution is 0.242. The lowest BCUT2D eigenvalue weighted by atomic mass is 9.79. The maximum atomic E-state index is 6.32. The van der Waals surface area contributed by atoms with Crippen molar-refractivity contribution in [2.24, 2.45) is 17.1 Å². The average Bonchev–Trinajstić information content (AvgIpc) is 2.81. The molecule has 2 rings (SSSR count). The van der Waals surface area contributed by atoms with E-state index in [0.29, 0.717) is 5.41 Å². The second-order valence-corrected chi connectivity index (χ2v) is 5.00. The topological polar surface area (TPSA) is 26.0 Å². The molecular formula is C11H21N. The van der Waals surface area contributed by atoms with Crippen molar-refractivity contribution >= 4 is 0 Å². The third-order valence-corrected chi connectivity index (χ3v) is 4.23. The van der Waals surface area contributed by atoms with E-state index in [4.69, 9.17) is 5.73 Å². The Bertz CT molecular complexity index is 177. The van der Waals surface area contributed by atoms with E-state index < -0.39 is 0 Å². The van der Waals surface area contributed by atoms with E-state index in [0.717, 1.165) is 5.92 Å². The van der Waals surface area contributed by atoms with Crippen molar-refractivity contribution in [2.75, 3.05) is 0 Å². The van der Waals surface area contributed by atoms with Gasteiger partial charge >= 0.3 is 0 Å². The molecule has 1 heteroatoms. The predicted molar refractivity (Wildman–Crippen MR) is 51.9 cm³/mol. The summed E-state index contributed by atoms with van der Waals surface area (Å²) >= 11 is 0. The quantitative estimate of drug-likeness (QED) is 0.684. The van der Waals surface area contributed by atoms with E-state index in [-0.39, 0.29) is 5.54 Å². The largest absolute Gasteiger partial charge is 0.325 e. The van der Waals surface area contributed by atoms with Gasteiger partial charge in [-0.3, -0.25) is 0 Å². The molecule has 0 spiro atoms. The molecule has 70 valence electrons. The highest BCUT2D eigenvalue weighted by Crippen LogP contribution is 2.67. The molecule has 1 atom stereocenters. The van der Waals surface area contributed by atoms with Gasteiger partial charge in [-0.25, -0.2) is 0 Å². The standard InChI is InChI=1S/C11H21N/c1-3-4-9(2)10(5-6-10)11(12)7-8-11/h9H,3-8,12H2,1-2H3. The summed E-state index contributed by atoms with van der Waals surface area (Å²) < 4.78 is 0. The molecule has 0 amide bonds. The average molecular weight is 167 g/mol. The summed E-state index contributed by atoms with van der Waals surface area (Å²) in [6.45, 7) is 4.69. The summed E-state index contributed by atoms with van der Waals surface area (Å²) in [6.07, 6.45) is 8.09. The second kappa shape index (κ2) is 2.47. The number of rotatable bonds is 4. The van der Waals surface area contributed by atoms with Crippen LogP contribution in [0.1, 0.15) is 52.4 Å². The second-order valence-electron chi connectivity index (χ2n) is 5.00. The fraction of sp³-hybridized carbons (Fsp3) is 1.00. The van der Waals surface area contributed by atoms with Gasteiger partial charge in [0.2, 0.25) is 0 Å². The van der Waals surface area contributed by atoms with Crippen molar-refractivity contribution in [3.8, 4) is 0 Å². The van der Waals surface area contributed by atoms with Gasteiger partial charge in [-0.2, -0.15) is 0 Å². The molecule has 0 aliphatic heterocycles. The van der Waals surface area contributed by atoms with Gasteiger partial charge in [-0.15, -0.1) is 0 Å². The third-order valence-electron chi connectivity index (χ3n) is 4.23. The molecule has 0 saturated heterocycles. The SMILES string of the molecule is CCCC(C)C1(C2(N)CC2)CC1. The fourth-order valence-corrected chi connectivity index (χ4v) is 2.96. The highest BCUT2D eigenvalue weighted by Gasteiger charge is 2.64. The van der Waals surface area contributed by atoms with Crippen LogP contribution in [-0.4, -0.2) is 5.54 Å². The van der Waals surface area contributed by atoms with E-state index in [1.807, 2.05) is 0 Å². The van der Waals surface area contributed by atoms with Crippen LogP contribution in [0.4, 0.5) is 0 Å². The Kier molecular flexibility index (Phi) is 1.76. The van der Waals surface area contributed by atoms with Crippen LogP contribution >= 0.6 is 0 Å². The van der Waals surface area contributed by atoms with E-state index >= 15 is 0 Å². The van der Waals surface area contributed by atoms with Gasteiger partial charge in [0.25, 0.3) is 0 Å². The van der Waals surface area contributed by atoms with Crippen LogP contribution in [0, 0.1) is 11.3 Å². The lowest BCUT2D eigenvalue weighted by Gasteiger charge is -2.29. The molecule has 0 bridgehead atoms. The molecule has 0 aromatic heterocycles. The zero-order chi connectivity index (χ0) is 8.82. The maximum absolute atomic E-state index is 6.32. The summed E-state index contributed by atoms with van der Waals surface area (Å²) in [6, 6.07) is 0. The Hall–Kier alpha value is -0.0400. The summed E-state index contributed by atoms with van der Waals surface area (Å²) in [4.78, 5) is 0. The van der Waals surface area contributed by atoms with Gasteiger partial charge in [-0.1, -0.05) is 26.7 Å². The van der Waals surface area contributed by atoms with Crippen molar-refractivity contribution < 1.29 is 0 Å². The number of nitrogens with two attached hydrogens (primary N) is 1. The molecule has 12 heavy (non-hydrogen) atoms. The van der Waals surface area contributed by atoms with E-state index in [1.54, 1.807) is 0 Å². The van der Waals surface area contributed by atoms with Crippen LogP contribution in [-0.2, 0) is 0 Å². The minimum atomic E-state index is 0.279. The Morgan fingerprint density at radius 3 is 2.17 bits per heavy atom. The van der Waals surface area contributed by atoms with Crippen LogP contribution < -0.4 is 5.73 Å². The fourth-order valence-electron chi connectivity index (χ4n) is 2.96. The molecule has 0 heterocycles. The molecule has 2 aliphatic carbocycles. The Labute approximate surface area is 75.7 Å². The summed E-state index contributed by atoms with van der Waals surface area (Å²) in [5.74, 6) is 0.870. The first kappa shape index (κ1) is 8.55. The minimum absolute atomic E-state index is 0.279. The van der Waals surface area contributed by atoms with Crippen LogP contribution in [0.15, 0.2) is 0 Å². The molecule has 2 fully saturated rings. The highest BCUT2D eigenvalue weighted by atomic mass is 14.9. The first-order chi connectivity index (χ1) is 5.65. The highest BCUT2D eigenvalue weighted by molar-refractivity contribution is 5.20. The molecule has 0 aromatic carbocycles. The van der Waals surface area contributed by atoms with Gasteiger partial charge in [0.05, 0.1) is 0 Å². The Morgan fingerprint density at radius 1 is 1.25 bits per heavy atom. The molecule has 0 aromatic rings. The third kappa shape index (κ3) is 1.02. The first-order valence-corrected chi connectivity index (χ1v) is 5.43. The maximum Gasteiger partial charge on any atom is 0.0215 e. The summed E-state index contributed by atoms with van der Waals surface area (Å²) in [5, 5.41) is 0. The van der Waals surface area contributed by atoms with E-state index in [9.17, 15) is 0 Å². The normalized spacial score (nSPS) is 31.2. The van der Waals surface area contributed by atoms with Crippen LogP contribution in [0.5, 0.6) is 0 Å². The minimum Gasteiger partial charge on any atom is -0.325 e. The van der Waals surface area contributed by atoms with Gasteiger partial charge < -0.3 is 5.73 Å². The molecule has 2 N–H and O–H groups in total. The van der Waals surface area contributed by atoms with Gasteiger partial charge in [0.15, 0.2) is 0 Å². The predicted octanol–water partition coefficient (Wildman–Crippen LogP) is 2.69. The van der Waals surface area contributed by atoms with Gasteiger partial charge in [0.1, 0.15) is 0 Å². The van der Waals surface area contributed by atoms with Gasteiger partial charge in [0, 0.05) is 5.54 Å². The van der Waals surface area contributed by atoms with Gasteiger partial charge in [-0.05, 0) is 37.0 Å². The van der Waals surface area contributed by atoms with Crippen molar-refractivity contribution in [1.82, 2.24) is 0 Å². The monoisotopic (exact) mass is 167 g/mol. The van der Waals surface area contributed by atoms with Crippen molar-refractivity contribution in [2.45, 2.75) is 57.9 Å². The van der Waals surface area contributed by atoms with Crippen molar-refractivity contribution in [1.29, 1.82) is 0 Å². The first-order valence-electron chi connectivity index (χ1n) is 5.43. The molecule has 2 aliphatic rings. The van der Waals surface area contributed by atoms with E-state index in [2.05, 4.69) is 13.8 Å². The molecular weight excluding hydrogens is 146 g/mol. The van der Waals surface area contributed by atoms with Crippen LogP contribution in [0.25, 0.3) is 0 Å². The molecule has 2 saturated carbocycles. The lowest BCUT2D eigenvalue weighted by Crippen LogP contribution is -2.38. The molecule has 1 unspecified atom stereocenters. The van der Waals surface area contributed by atoms with Crippen molar-refractivity contribution in [3.63, 3.8) is 0 Å². The van der Waals surface area contributed by atoms with E-state index in [1.165, 1.54) is 38.5 Å². The Morgan fingerprint density at radius 2 is 1.83 bits per heavy atom. The zero-order valence-electron chi connectivity index (χ0n) is 8.40. The Balaban J connectivity index is 2.01. The molecule has 1 nitrogen and oxygen atoms in total. The number of hydrogen-bond acceptors (Lipinski definition) is 1. The summed E-state index contributed by atoms with van der Waals surface area (Å²) in [5.41, 5.74) is 7.18. The van der Waals surface area contributed by atoms with Crippen molar-refractivity contribution in [3.05, 3.63) is 0 Å². The smallest absolute Gasteiger partial charge is 0.0215 e. The molecule has 0 radical (unpaired) electrons. The number of hydrogen-bond donors (Lipinski definition) is 1. The zero-order valence-corrected chi connectivity index (χ0v) is 8.40. The van der Waals surface area contributed by atoms with Crippen LogP contribution in [0.2, 0.25) is 0 Å².